The molecular formula is C15H23NO6S. The van der Waals surface area contributed by atoms with Crippen molar-refractivity contribution in [1.82, 2.24) is 4.72 Å². The first kappa shape index (κ1) is 19.2. The molecule has 0 spiro atoms. The fourth-order valence-electron chi connectivity index (χ4n) is 1.91. The van der Waals surface area contributed by atoms with Crippen LogP contribution >= 0.6 is 0 Å². The first-order valence-electron chi connectivity index (χ1n) is 7.37. The molecule has 2 N–H and O–H groups in total. The van der Waals surface area contributed by atoms with Crippen molar-refractivity contribution in [3.63, 3.8) is 0 Å². The van der Waals surface area contributed by atoms with E-state index in [-0.39, 0.29) is 4.90 Å². The summed E-state index contributed by atoms with van der Waals surface area (Å²) >= 11 is 0. The van der Waals surface area contributed by atoms with Crippen LogP contribution in [-0.2, 0) is 14.8 Å². The van der Waals surface area contributed by atoms with Gasteiger partial charge in [0.1, 0.15) is 6.04 Å². The van der Waals surface area contributed by atoms with Crippen molar-refractivity contribution in [2.75, 3.05) is 13.2 Å². The van der Waals surface area contributed by atoms with E-state index < -0.39 is 28.0 Å². The second-order valence-corrected chi connectivity index (χ2v) is 6.87. The van der Waals surface area contributed by atoms with Crippen LogP contribution in [-0.4, -0.2) is 38.7 Å². The molecule has 0 radical (unpaired) electrons. The lowest BCUT2D eigenvalue weighted by atomic mass is 10.1. The number of hydrogen-bond donors (Lipinski definition) is 2. The average molecular weight is 345 g/mol. The topological polar surface area (TPSA) is 102 Å². The predicted molar refractivity (Wildman–Crippen MR) is 85.4 cm³/mol. The molecule has 0 unspecified atom stereocenters. The number of nitrogens with one attached hydrogen (secondary N) is 1. The number of rotatable bonds is 9. The summed E-state index contributed by atoms with van der Waals surface area (Å²) in [5.74, 6) is -0.878. The monoisotopic (exact) mass is 345 g/mol. The lowest BCUT2D eigenvalue weighted by Crippen LogP contribution is -2.44. The van der Waals surface area contributed by atoms with Gasteiger partial charge in [0.15, 0.2) is 11.5 Å². The fourth-order valence-corrected chi connectivity index (χ4v) is 3.26. The van der Waals surface area contributed by atoms with Gasteiger partial charge in [-0.3, -0.25) is 4.79 Å². The minimum atomic E-state index is -3.99. The molecule has 130 valence electrons. The van der Waals surface area contributed by atoms with Crippen LogP contribution in [0.2, 0.25) is 0 Å². The minimum Gasteiger partial charge on any atom is -0.490 e. The van der Waals surface area contributed by atoms with E-state index in [9.17, 15) is 13.2 Å². The van der Waals surface area contributed by atoms with Crippen LogP contribution in [0.3, 0.4) is 0 Å². The molecule has 0 amide bonds. The van der Waals surface area contributed by atoms with Gasteiger partial charge in [0, 0.05) is 6.07 Å². The number of ether oxygens (including phenoxy) is 2. The Kier molecular flexibility index (Phi) is 6.83. The zero-order chi connectivity index (χ0) is 17.6. The van der Waals surface area contributed by atoms with Gasteiger partial charge >= 0.3 is 5.97 Å². The van der Waals surface area contributed by atoms with Crippen molar-refractivity contribution in [3.8, 4) is 11.5 Å². The summed E-state index contributed by atoms with van der Waals surface area (Å²) in [7, 11) is -3.99. The quantitative estimate of drug-likeness (QED) is 0.708. The highest BCUT2D eigenvalue weighted by Gasteiger charge is 2.28. The van der Waals surface area contributed by atoms with E-state index in [0.717, 1.165) is 0 Å². The second-order valence-electron chi connectivity index (χ2n) is 5.16. The summed E-state index contributed by atoms with van der Waals surface area (Å²) in [6, 6.07) is 2.97. The summed E-state index contributed by atoms with van der Waals surface area (Å²) in [6.45, 7) is 7.60. The molecule has 23 heavy (non-hydrogen) atoms. The predicted octanol–water partition coefficient (Wildman–Crippen LogP) is 1.87. The van der Waals surface area contributed by atoms with Gasteiger partial charge in [-0.1, -0.05) is 13.8 Å². The van der Waals surface area contributed by atoms with Gasteiger partial charge in [0.2, 0.25) is 10.0 Å². The van der Waals surface area contributed by atoms with E-state index in [4.69, 9.17) is 14.6 Å². The number of carboxylic acids is 1. The number of sulfonamides is 1. The Morgan fingerprint density at radius 1 is 1.17 bits per heavy atom. The summed E-state index contributed by atoms with van der Waals surface area (Å²) in [5.41, 5.74) is 0. The molecule has 1 rings (SSSR count). The van der Waals surface area contributed by atoms with E-state index in [1.807, 2.05) is 6.92 Å². The van der Waals surface area contributed by atoms with Gasteiger partial charge in [-0.25, -0.2) is 8.42 Å². The Hall–Kier alpha value is -1.80. The van der Waals surface area contributed by atoms with E-state index in [0.29, 0.717) is 24.7 Å². The molecule has 1 atom stereocenters. The minimum absolute atomic E-state index is 0.0729. The molecule has 7 nitrogen and oxygen atoms in total. The third-order valence-electron chi connectivity index (χ3n) is 3.04. The second kappa shape index (κ2) is 8.16. The zero-order valence-corrected chi connectivity index (χ0v) is 14.5. The first-order chi connectivity index (χ1) is 10.7. The number of aliphatic carboxylic acids is 1. The van der Waals surface area contributed by atoms with Crippen LogP contribution < -0.4 is 14.2 Å². The number of carbonyl (C=O) groups is 1. The Balaban J connectivity index is 3.17. The standard InChI is InChI=1S/C15H23NO6S/c1-5-21-12-8-7-11(9-13(12)22-6-2)23(19,20)16-14(10(3)4)15(17)18/h7-10,14,16H,5-6H2,1-4H3,(H,17,18)/t14-/m0/s1. The third kappa shape index (κ3) is 5.11. The highest BCUT2D eigenvalue weighted by Crippen LogP contribution is 2.30. The molecule has 0 aliphatic rings. The third-order valence-corrected chi connectivity index (χ3v) is 4.48. The normalized spacial score (nSPS) is 12.9. The van der Waals surface area contributed by atoms with Crippen LogP contribution in [0.1, 0.15) is 27.7 Å². The van der Waals surface area contributed by atoms with Crippen molar-refractivity contribution >= 4 is 16.0 Å². The molecule has 0 aromatic heterocycles. The highest BCUT2D eigenvalue weighted by atomic mass is 32.2. The van der Waals surface area contributed by atoms with E-state index in [1.165, 1.54) is 18.2 Å². The molecule has 8 heteroatoms. The van der Waals surface area contributed by atoms with Gasteiger partial charge in [0.05, 0.1) is 18.1 Å². The molecule has 0 heterocycles. The SMILES string of the molecule is CCOc1ccc(S(=O)(=O)N[C@H](C(=O)O)C(C)C)cc1OCC. The lowest BCUT2D eigenvalue weighted by molar-refractivity contribution is -0.140. The van der Waals surface area contributed by atoms with Gasteiger partial charge < -0.3 is 14.6 Å². The van der Waals surface area contributed by atoms with Gasteiger partial charge in [-0.2, -0.15) is 4.72 Å². The number of carboxylic acid groups (broad SMARTS) is 1. The maximum absolute atomic E-state index is 12.4. The van der Waals surface area contributed by atoms with Crippen molar-refractivity contribution in [2.24, 2.45) is 5.92 Å². The van der Waals surface area contributed by atoms with E-state index >= 15 is 0 Å². The summed E-state index contributed by atoms with van der Waals surface area (Å²) in [6.07, 6.45) is 0. The molecule has 0 saturated heterocycles. The van der Waals surface area contributed by atoms with Crippen LogP contribution in [0.15, 0.2) is 23.1 Å². The Morgan fingerprint density at radius 2 is 1.74 bits per heavy atom. The largest absolute Gasteiger partial charge is 0.490 e. The van der Waals surface area contributed by atoms with Crippen LogP contribution in [0, 0.1) is 5.92 Å². The number of benzene rings is 1. The molecular weight excluding hydrogens is 322 g/mol. The first-order valence-corrected chi connectivity index (χ1v) is 8.86. The van der Waals surface area contributed by atoms with Crippen molar-refractivity contribution in [1.29, 1.82) is 0 Å². The van der Waals surface area contributed by atoms with Gasteiger partial charge in [-0.15, -0.1) is 0 Å². The van der Waals surface area contributed by atoms with Crippen molar-refractivity contribution in [2.45, 2.75) is 38.6 Å². The molecule has 0 aliphatic heterocycles. The lowest BCUT2D eigenvalue weighted by Gasteiger charge is -2.18. The average Bonchev–Trinajstić information content (AvgIpc) is 2.46. The van der Waals surface area contributed by atoms with Crippen LogP contribution in [0.4, 0.5) is 0 Å². The maximum atomic E-state index is 12.4. The van der Waals surface area contributed by atoms with Crippen LogP contribution in [0.5, 0.6) is 11.5 Å². The molecule has 1 aromatic rings. The molecule has 0 bridgehead atoms. The summed E-state index contributed by atoms with van der Waals surface area (Å²) < 4.78 is 37.8. The molecule has 0 fully saturated rings. The molecule has 1 aromatic carbocycles. The Bertz CT molecular complexity index is 641. The Morgan fingerprint density at radius 3 is 2.22 bits per heavy atom. The fraction of sp³-hybridized carbons (Fsp3) is 0.533. The van der Waals surface area contributed by atoms with Crippen molar-refractivity contribution in [3.05, 3.63) is 18.2 Å². The highest BCUT2D eigenvalue weighted by molar-refractivity contribution is 7.89. The van der Waals surface area contributed by atoms with Gasteiger partial charge in [-0.05, 0) is 31.9 Å². The van der Waals surface area contributed by atoms with E-state index in [1.54, 1.807) is 20.8 Å². The maximum Gasteiger partial charge on any atom is 0.322 e. The summed E-state index contributed by atoms with van der Waals surface area (Å²) in [5, 5.41) is 9.14. The molecule has 0 saturated carbocycles. The van der Waals surface area contributed by atoms with Crippen molar-refractivity contribution < 1.29 is 27.8 Å². The Labute approximate surface area is 136 Å². The molecule has 0 aliphatic carbocycles. The zero-order valence-electron chi connectivity index (χ0n) is 13.7. The summed E-state index contributed by atoms with van der Waals surface area (Å²) in [4.78, 5) is 11.1. The van der Waals surface area contributed by atoms with Crippen LogP contribution in [0.25, 0.3) is 0 Å². The van der Waals surface area contributed by atoms with E-state index in [2.05, 4.69) is 4.72 Å². The number of hydrogen-bond acceptors (Lipinski definition) is 5. The smallest absolute Gasteiger partial charge is 0.322 e. The van der Waals surface area contributed by atoms with Gasteiger partial charge in [0.25, 0.3) is 0 Å².